The second-order valence-electron chi connectivity index (χ2n) is 5.43. The molecule has 1 fully saturated rings. The monoisotopic (exact) mass is 237 g/mol. The van der Waals surface area contributed by atoms with Gasteiger partial charge in [-0.3, -0.25) is 4.68 Å². The van der Waals surface area contributed by atoms with Crippen molar-refractivity contribution in [3.63, 3.8) is 0 Å². The molecule has 2 rings (SSSR count). The molecule has 0 radical (unpaired) electrons. The van der Waals surface area contributed by atoms with Gasteiger partial charge in [-0.25, -0.2) is 0 Å². The van der Waals surface area contributed by atoms with E-state index in [-0.39, 0.29) is 0 Å². The van der Waals surface area contributed by atoms with Gasteiger partial charge in [-0.2, -0.15) is 5.10 Å². The highest BCUT2D eigenvalue weighted by atomic mass is 16.5. The molecule has 1 saturated heterocycles. The Morgan fingerprint density at radius 2 is 2.18 bits per heavy atom. The van der Waals surface area contributed by atoms with Crippen molar-refractivity contribution in [3.05, 3.63) is 17.5 Å². The van der Waals surface area contributed by atoms with E-state index in [9.17, 15) is 0 Å². The molecule has 0 aliphatic carbocycles. The lowest BCUT2D eigenvalue weighted by molar-refractivity contribution is 0.0239. The smallest absolute Gasteiger partial charge is 0.0597 e. The van der Waals surface area contributed by atoms with Crippen LogP contribution < -0.4 is 5.32 Å². The maximum absolute atomic E-state index is 5.41. The molecule has 4 nitrogen and oxygen atoms in total. The highest BCUT2D eigenvalue weighted by molar-refractivity contribution is 5.08. The Morgan fingerprint density at radius 1 is 1.47 bits per heavy atom. The molecule has 2 heterocycles. The number of ether oxygens (including phenoxy) is 1. The number of hydrogen-bond donors (Lipinski definition) is 1. The predicted molar refractivity (Wildman–Crippen MR) is 67.8 cm³/mol. The molecule has 1 aliphatic rings. The van der Waals surface area contributed by atoms with E-state index in [1.165, 1.54) is 5.69 Å². The third-order valence-electron chi connectivity index (χ3n) is 3.66. The van der Waals surface area contributed by atoms with Gasteiger partial charge < -0.3 is 10.1 Å². The minimum atomic E-state index is 0.395. The van der Waals surface area contributed by atoms with Crippen LogP contribution in [0.5, 0.6) is 0 Å². The maximum atomic E-state index is 5.41. The molecule has 0 saturated carbocycles. The van der Waals surface area contributed by atoms with Crippen LogP contribution in [0.3, 0.4) is 0 Å². The van der Waals surface area contributed by atoms with E-state index in [1.54, 1.807) is 0 Å². The average molecular weight is 237 g/mol. The van der Waals surface area contributed by atoms with Gasteiger partial charge in [-0.15, -0.1) is 0 Å². The summed E-state index contributed by atoms with van der Waals surface area (Å²) in [6.07, 6.45) is 2.31. The van der Waals surface area contributed by atoms with Gasteiger partial charge in [0.15, 0.2) is 0 Å². The van der Waals surface area contributed by atoms with E-state index < -0.39 is 0 Å². The van der Waals surface area contributed by atoms with Gasteiger partial charge >= 0.3 is 0 Å². The first kappa shape index (κ1) is 12.6. The Morgan fingerprint density at radius 3 is 2.76 bits per heavy atom. The van der Waals surface area contributed by atoms with Gasteiger partial charge in [0.05, 0.1) is 11.4 Å². The minimum Gasteiger partial charge on any atom is -0.381 e. The zero-order chi connectivity index (χ0) is 12.3. The zero-order valence-electron chi connectivity index (χ0n) is 11.1. The third-order valence-corrected chi connectivity index (χ3v) is 3.66. The Hall–Kier alpha value is -0.870. The molecule has 0 aromatic carbocycles. The molecule has 0 bridgehead atoms. The van der Waals surface area contributed by atoms with Crippen molar-refractivity contribution in [1.82, 2.24) is 15.1 Å². The van der Waals surface area contributed by atoms with Crippen LogP contribution in [-0.2, 0) is 18.3 Å². The van der Waals surface area contributed by atoms with E-state index >= 15 is 0 Å². The lowest BCUT2D eigenvalue weighted by Crippen LogP contribution is -2.36. The second-order valence-corrected chi connectivity index (χ2v) is 5.43. The van der Waals surface area contributed by atoms with Gasteiger partial charge in [0.1, 0.15) is 0 Å². The first-order valence-electron chi connectivity index (χ1n) is 6.37. The van der Waals surface area contributed by atoms with E-state index in [1.807, 2.05) is 18.7 Å². The molecule has 4 heteroatoms. The van der Waals surface area contributed by atoms with Crippen molar-refractivity contribution >= 4 is 0 Å². The summed E-state index contributed by atoms with van der Waals surface area (Å²) >= 11 is 0. The number of nitrogens with one attached hydrogen (secondary N) is 1. The van der Waals surface area contributed by atoms with Gasteiger partial charge in [-0.05, 0) is 31.2 Å². The number of aryl methyl sites for hydroxylation is 2. The summed E-state index contributed by atoms with van der Waals surface area (Å²) in [5.74, 6) is 0. The predicted octanol–water partition coefficient (Wildman–Crippen LogP) is 1.63. The van der Waals surface area contributed by atoms with Crippen LogP contribution in [0.25, 0.3) is 0 Å². The molecule has 17 heavy (non-hydrogen) atoms. The Balaban J connectivity index is 1.81. The average Bonchev–Trinajstić information content (AvgIpc) is 2.58. The SMILES string of the molecule is Cc1cc(CNCC2(C)CCOCC2)n(C)n1. The maximum Gasteiger partial charge on any atom is 0.0597 e. The molecule has 0 spiro atoms. The van der Waals surface area contributed by atoms with E-state index in [2.05, 4.69) is 23.4 Å². The molecule has 0 unspecified atom stereocenters. The highest BCUT2D eigenvalue weighted by Crippen LogP contribution is 2.28. The van der Waals surface area contributed by atoms with Crippen molar-refractivity contribution in [3.8, 4) is 0 Å². The minimum absolute atomic E-state index is 0.395. The van der Waals surface area contributed by atoms with E-state index in [4.69, 9.17) is 4.74 Å². The van der Waals surface area contributed by atoms with Crippen LogP contribution in [0.15, 0.2) is 6.07 Å². The number of hydrogen-bond acceptors (Lipinski definition) is 3. The molecule has 1 aromatic rings. The molecule has 0 amide bonds. The normalized spacial score (nSPS) is 19.5. The van der Waals surface area contributed by atoms with Crippen LogP contribution >= 0.6 is 0 Å². The van der Waals surface area contributed by atoms with Crippen LogP contribution in [-0.4, -0.2) is 29.5 Å². The third kappa shape index (κ3) is 3.30. The first-order chi connectivity index (χ1) is 8.09. The Kier molecular flexibility index (Phi) is 3.84. The van der Waals surface area contributed by atoms with Gasteiger partial charge in [0.25, 0.3) is 0 Å². The van der Waals surface area contributed by atoms with Crippen LogP contribution in [0.2, 0.25) is 0 Å². The summed E-state index contributed by atoms with van der Waals surface area (Å²) < 4.78 is 7.36. The molecule has 1 aromatic heterocycles. The van der Waals surface area contributed by atoms with E-state index in [0.717, 1.165) is 44.8 Å². The lowest BCUT2D eigenvalue weighted by atomic mass is 9.82. The number of nitrogens with zero attached hydrogens (tertiary/aromatic N) is 2. The topological polar surface area (TPSA) is 39.1 Å². The largest absolute Gasteiger partial charge is 0.381 e. The molecule has 1 N–H and O–H groups in total. The summed E-state index contributed by atoms with van der Waals surface area (Å²) in [4.78, 5) is 0. The Labute approximate surface area is 103 Å². The lowest BCUT2D eigenvalue weighted by Gasteiger charge is -2.33. The van der Waals surface area contributed by atoms with Crippen molar-refractivity contribution < 1.29 is 4.74 Å². The quantitative estimate of drug-likeness (QED) is 0.865. The summed E-state index contributed by atoms with van der Waals surface area (Å²) in [7, 11) is 2.00. The summed E-state index contributed by atoms with van der Waals surface area (Å²) in [6.45, 7) is 8.14. The standard InChI is InChI=1S/C13H23N3O/c1-11-8-12(16(3)15-11)9-14-10-13(2)4-6-17-7-5-13/h8,14H,4-7,9-10H2,1-3H3. The van der Waals surface area contributed by atoms with Crippen molar-refractivity contribution in [2.24, 2.45) is 12.5 Å². The van der Waals surface area contributed by atoms with Crippen molar-refractivity contribution in [1.29, 1.82) is 0 Å². The molecule has 96 valence electrons. The fourth-order valence-electron chi connectivity index (χ4n) is 2.36. The van der Waals surface area contributed by atoms with Crippen LogP contribution in [0, 0.1) is 12.3 Å². The second kappa shape index (κ2) is 5.19. The van der Waals surface area contributed by atoms with Crippen LogP contribution in [0.4, 0.5) is 0 Å². The van der Waals surface area contributed by atoms with Gasteiger partial charge in [0.2, 0.25) is 0 Å². The van der Waals surface area contributed by atoms with Crippen molar-refractivity contribution in [2.45, 2.75) is 33.2 Å². The molecular weight excluding hydrogens is 214 g/mol. The zero-order valence-corrected chi connectivity index (χ0v) is 11.1. The molecule has 1 aliphatic heterocycles. The van der Waals surface area contributed by atoms with Crippen molar-refractivity contribution in [2.75, 3.05) is 19.8 Å². The summed E-state index contributed by atoms with van der Waals surface area (Å²) in [5, 5.41) is 7.90. The number of aromatic nitrogens is 2. The molecule has 0 atom stereocenters. The fraction of sp³-hybridized carbons (Fsp3) is 0.769. The van der Waals surface area contributed by atoms with Gasteiger partial charge in [0, 0.05) is 33.4 Å². The van der Waals surface area contributed by atoms with Gasteiger partial charge in [-0.1, -0.05) is 6.92 Å². The van der Waals surface area contributed by atoms with Crippen LogP contribution in [0.1, 0.15) is 31.2 Å². The number of rotatable bonds is 4. The summed E-state index contributed by atoms with van der Waals surface area (Å²) in [5.41, 5.74) is 2.73. The van der Waals surface area contributed by atoms with E-state index in [0.29, 0.717) is 5.41 Å². The summed E-state index contributed by atoms with van der Waals surface area (Å²) in [6, 6.07) is 2.14. The first-order valence-corrected chi connectivity index (χ1v) is 6.37. The fourth-order valence-corrected chi connectivity index (χ4v) is 2.36. The highest BCUT2D eigenvalue weighted by Gasteiger charge is 2.26. The molecular formula is C13H23N3O. The Bertz CT molecular complexity index is 367.